The molecular weight excluding hydrogens is 540 g/mol. The second kappa shape index (κ2) is 12.1. The molecule has 1 fully saturated rings. The van der Waals surface area contributed by atoms with Crippen LogP contribution in [0.1, 0.15) is 29.5 Å². The first-order valence-corrected chi connectivity index (χ1v) is 14.1. The van der Waals surface area contributed by atoms with Crippen molar-refractivity contribution in [2.45, 2.75) is 29.9 Å². The summed E-state index contributed by atoms with van der Waals surface area (Å²) in [6.45, 7) is 2.41. The summed E-state index contributed by atoms with van der Waals surface area (Å²) in [5, 5.41) is 12.1. The van der Waals surface area contributed by atoms with E-state index in [-0.39, 0.29) is 18.2 Å². The van der Waals surface area contributed by atoms with Crippen LogP contribution in [0.2, 0.25) is 5.02 Å². The van der Waals surface area contributed by atoms with Crippen LogP contribution in [-0.2, 0) is 15.3 Å². The molecule has 0 radical (unpaired) electrons. The van der Waals surface area contributed by atoms with E-state index >= 15 is 0 Å². The zero-order chi connectivity index (χ0) is 24.8. The van der Waals surface area contributed by atoms with Gasteiger partial charge in [-0.05, 0) is 36.6 Å². The lowest BCUT2D eigenvalue weighted by Gasteiger charge is -2.13. The SMILES string of the molecule is Cc1ccc(/C=C2\SC(=S)N(CCCC(=O)Nc3nnc(SCc4ccccc4Cl)s3)C2=O)cc1. The van der Waals surface area contributed by atoms with Gasteiger partial charge in [-0.2, -0.15) is 0 Å². The van der Waals surface area contributed by atoms with Gasteiger partial charge in [0.15, 0.2) is 4.34 Å². The van der Waals surface area contributed by atoms with Gasteiger partial charge in [-0.25, -0.2) is 0 Å². The molecule has 1 N–H and O–H groups in total. The Hall–Kier alpha value is -2.24. The number of aryl methyl sites for hydroxylation is 1. The average Bonchev–Trinajstić information content (AvgIpc) is 3.39. The van der Waals surface area contributed by atoms with Crippen molar-refractivity contribution < 1.29 is 9.59 Å². The van der Waals surface area contributed by atoms with Gasteiger partial charge in [-0.3, -0.25) is 14.5 Å². The number of thioether (sulfide) groups is 2. The summed E-state index contributed by atoms with van der Waals surface area (Å²) >= 11 is 15.7. The highest BCUT2D eigenvalue weighted by Gasteiger charge is 2.31. The first kappa shape index (κ1) is 25.8. The summed E-state index contributed by atoms with van der Waals surface area (Å²) in [6, 6.07) is 15.6. The van der Waals surface area contributed by atoms with Crippen LogP contribution in [-0.4, -0.2) is 37.8 Å². The molecule has 1 aliphatic heterocycles. The van der Waals surface area contributed by atoms with E-state index in [0.29, 0.717) is 38.1 Å². The van der Waals surface area contributed by atoms with E-state index < -0.39 is 0 Å². The number of benzene rings is 2. The summed E-state index contributed by atoms with van der Waals surface area (Å²) < 4.78 is 1.26. The monoisotopic (exact) mass is 560 g/mol. The third-order valence-electron chi connectivity index (χ3n) is 5.00. The van der Waals surface area contributed by atoms with Crippen molar-refractivity contribution in [3.8, 4) is 0 Å². The minimum Gasteiger partial charge on any atom is -0.301 e. The molecule has 11 heteroatoms. The number of aromatic nitrogens is 2. The molecule has 0 spiro atoms. The second-order valence-corrected chi connectivity index (χ2v) is 11.9. The van der Waals surface area contributed by atoms with E-state index in [0.717, 1.165) is 21.0 Å². The molecule has 6 nitrogen and oxygen atoms in total. The molecule has 0 atom stereocenters. The molecule has 1 saturated heterocycles. The fourth-order valence-electron chi connectivity index (χ4n) is 3.16. The Kier molecular flexibility index (Phi) is 8.96. The van der Waals surface area contributed by atoms with Gasteiger partial charge in [-0.1, -0.05) is 107 Å². The Bertz CT molecular complexity index is 1280. The van der Waals surface area contributed by atoms with Crippen molar-refractivity contribution in [3.05, 3.63) is 75.1 Å². The highest BCUT2D eigenvalue weighted by molar-refractivity contribution is 8.26. The van der Waals surface area contributed by atoms with Crippen molar-refractivity contribution in [2.24, 2.45) is 0 Å². The Labute approximate surface area is 226 Å². The zero-order valence-corrected chi connectivity index (χ0v) is 22.7. The standard InChI is InChI=1S/C24H21ClN4O2S4/c1-15-8-10-16(11-9-15)13-19-21(31)29(24(32)34-19)12-4-7-20(30)26-22-27-28-23(35-22)33-14-17-5-2-3-6-18(17)25/h2-3,5-6,8-11,13H,4,7,12,14H2,1H3,(H,26,27,30)/b19-13-. The summed E-state index contributed by atoms with van der Waals surface area (Å²) in [5.74, 6) is 0.374. The quantitative estimate of drug-likeness (QED) is 0.140. The third-order valence-corrected chi connectivity index (χ3v) is 8.76. The molecule has 1 aliphatic rings. The number of nitrogens with zero attached hydrogens (tertiary/aromatic N) is 3. The molecule has 0 unspecified atom stereocenters. The van der Waals surface area contributed by atoms with Gasteiger partial charge in [0, 0.05) is 23.7 Å². The molecule has 2 aromatic carbocycles. The summed E-state index contributed by atoms with van der Waals surface area (Å²) in [4.78, 5) is 27.3. The summed E-state index contributed by atoms with van der Waals surface area (Å²) in [6.07, 6.45) is 2.58. The Morgan fingerprint density at radius 1 is 1.20 bits per heavy atom. The molecule has 0 aliphatic carbocycles. The molecule has 1 aromatic heterocycles. The molecule has 4 rings (SSSR count). The lowest BCUT2D eigenvalue weighted by Crippen LogP contribution is -2.29. The van der Waals surface area contributed by atoms with Crippen LogP contribution >= 0.6 is 58.7 Å². The number of carbonyl (C=O) groups excluding carboxylic acids is 2. The number of hydrogen-bond acceptors (Lipinski definition) is 8. The van der Waals surface area contributed by atoms with Crippen molar-refractivity contribution in [1.29, 1.82) is 0 Å². The van der Waals surface area contributed by atoms with Gasteiger partial charge < -0.3 is 5.32 Å². The van der Waals surface area contributed by atoms with Crippen molar-refractivity contribution in [1.82, 2.24) is 15.1 Å². The Morgan fingerprint density at radius 3 is 2.74 bits per heavy atom. The lowest BCUT2D eigenvalue weighted by molar-refractivity contribution is -0.122. The van der Waals surface area contributed by atoms with Crippen LogP contribution in [0.25, 0.3) is 6.08 Å². The molecule has 2 amide bonds. The van der Waals surface area contributed by atoms with Crippen LogP contribution < -0.4 is 5.32 Å². The molecule has 2 heterocycles. The minimum absolute atomic E-state index is 0.120. The number of halogens is 1. The normalized spacial score (nSPS) is 14.7. The van der Waals surface area contributed by atoms with E-state index in [2.05, 4.69) is 15.5 Å². The fourth-order valence-corrected chi connectivity index (χ4v) is 6.52. The van der Waals surface area contributed by atoms with Gasteiger partial charge in [-0.15, -0.1) is 10.2 Å². The van der Waals surface area contributed by atoms with Gasteiger partial charge in [0.2, 0.25) is 11.0 Å². The lowest BCUT2D eigenvalue weighted by atomic mass is 10.1. The maximum absolute atomic E-state index is 12.8. The molecule has 0 bridgehead atoms. The van der Waals surface area contributed by atoms with Crippen LogP contribution in [0.5, 0.6) is 0 Å². The van der Waals surface area contributed by atoms with E-state index in [1.807, 2.05) is 61.5 Å². The van der Waals surface area contributed by atoms with E-state index in [1.165, 1.54) is 34.9 Å². The van der Waals surface area contributed by atoms with Crippen LogP contribution in [0.3, 0.4) is 0 Å². The van der Waals surface area contributed by atoms with Crippen LogP contribution in [0.15, 0.2) is 57.8 Å². The number of carbonyl (C=O) groups is 2. The number of amides is 2. The second-order valence-electron chi connectivity index (χ2n) is 7.65. The first-order chi connectivity index (χ1) is 16.9. The van der Waals surface area contributed by atoms with Crippen molar-refractivity contribution >= 4 is 86.0 Å². The van der Waals surface area contributed by atoms with Crippen molar-refractivity contribution in [2.75, 3.05) is 11.9 Å². The predicted molar refractivity (Wildman–Crippen MR) is 150 cm³/mol. The molecule has 35 heavy (non-hydrogen) atoms. The van der Waals surface area contributed by atoms with E-state index in [9.17, 15) is 9.59 Å². The van der Waals surface area contributed by atoms with Crippen molar-refractivity contribution in [3.63, 3.8) is 0 Å². The maximum atomic E-state index is 12.8. The maximum Gasteiger partial charge on any atom is 0.266 e. The Morgan fingerprint density at radius 2 is 1.97 bits per heavy atom. The average molecular weight is 561 g/mol. The number of thiocarbonyl (C=S) groups is 1. The molecule has 180 valence electrons. The topological polar surface area (TPSA) is 75.2 Å². The number of rotatable bonds is 9. The summed E-state index contributed by atoms with van der Waals surface area (Å²) in [5.41, 5.74) is 3.13. The number of nitrogens with one attached hydrogen (secondary N) is 1. The first-order valence-electron chi connectivity index (χ1n) is 10.7. The van der Waals surface area contributed by atoms with E-state index in [1.54, 1.807) is 4.90 Å². The van der Waals surface area contributed by atoms with Crippen LogP contribution in [0, 0.1) is 6.92 Å². The third kappa shape index (κ3) is 7.14. The highest BCUT2D eigenvalue weighted by atomic mass is 35.5. The minimum atomic E-state index is -0.176. The Balaban J connectivity index is 1.23. The van der Waals surface area contributed by atoms with Gasteiger partial charge in [0.05, 0.1) is 4.91 Å². The number of anilines is 1. The van der Waals surface area contributed by atoms with Gasteiger partial charge in [0.25, 0.3) is 5.91 Å². The number of hydrogen-bond donors (Lipinski definition) is 1. The molecule has 3 aromatic rings. The van der Waals surface area contributed by atoms with Gasteiger partial charge in [0.1, 0.15) is 4.32 Å². The van der Waals surface area contributed by atoms with Crippen LogP contribution in [0.4, 0.5) is 5.13 Å². The molecular formula is C24H21ClN4O2S4. The highest BCUT2D eigenvalue weighted by Crippen LogP contribution is 2.33. The van der Waals surface area contributed by atoms with E-state index in [4.69, 9.17) is 23.8 Å². The molecule has 0 saturated carbocycles. The fraction of sp³-hybridized carbons (Fsp3) is 0.208. The largest absolute Gasteiger partial charge is 0.301 e. The zero-order valence-electron chi connectivity index (χ0n) is 18.7. The summed E-state index contributed by atoms with van der Waals surface area (Å²) in [7, 11) is 0. The smallest absolute Gasteiger partial charge is 0.266 e. The van der Waals surface area contributed by atoms with Gasteiger partial charge >= 0.3 is 0 Å². The predicted octanol–water partition coefficient (Wildman–Crippen LogP) is 6.41.